The number of allylic oxidation sites excluding steroid dienone is 3. The van der Waals surface area contributed by atoms with Crippen LogP contribution in [0.15, 0.2) is 37.7 Å². The highest BCUT2D eigenvalue weighted by Crippen LogP contribution is 2.29. The molecular weight excluding hydrogens is 845 g/mol. The van der Waals surface area contributed by atoms with Gasteiger partial charge in [-0.25, -0.2) is 9.97 Å². The molecule has 0 saturated heterocycles. The highest BCUT2D eigenvalue weighted by Gasteiger charge is 2.34. The lowest BCUT2D eigenvalue weighted by Crippen LogP contribution is -2.36. The molecule has 2 aliphatic rings. The molecule has 0 saturated carbocycles. The van der Waals surface area contributed by atoms with Crippen LogP contribution in [0.2, 0.25) is 0 Å². The van der Waals surface area contributed by atoms with Gasteiger partial charge in [0.2, 0.25) is 0 Å². The molecule has 61 heavy (non-hydrogen) atoms. The van der Waals surface area contributed by atoms with Crippen LogP contribution in [0.25, 0.3) is 5.57 Å². The maximum absolute atomic E-state index is 12.1. The molecule has 0 aromatic carbocycles. The van der Waals surface area contributed by atoms with E-state index < -0.39 is 5.41 Å². The molecule has 4 rings (SSSR count). The molecule has 340 valence electrons. The molecule has 0 radical (unpaired) electrons. The standard InChI is InChI=1S/C12H19NOS.C11H18N2OS.C11H16N2OS.C10H15N3OS.CH4/c1-6-9(11(14)12(3,4)5)10-7-15-8(2)13-10;1-7-13-8(6-15-7)9(12-5)10(14)11(2,3)4;1-6-8(9(14)11(3,4)5)10-12-7(2)15-13-10;1-6-12-9(13-15-6)7(11-5)8(14)10(2,3)4;/h6,10H,7H2,1-5H3;8H,6H2,1-5H3;6H,1-5H3;1-5H3;1H4/b9-6-;;8-6+;;. The number of aromatic nitrogens is 4. The zero-order valence-electron chi connectivity index (χ0n) is 39.6. The molecule has 0 N–H and O–H groups in total. The van der Waals surface area contributed by atoms with Crippen molar-refractivity contribution >= 4 is 96.8 Å². The smallest absolute Gasteiger partial charge is 0.194 e. The van der Waals surface area contributed by atoms with Crippen LogP contribution in [0.4, 0.5) is 0 Å². The predicted molar refractivity (Wildman–Crippen MR) is 266 cm³/mol. The van der Waals surface area contributed by atoms with Crippen LogP contribution in [0.3, 0.4) is 0 Å². The van der Waals surface area contributed by atoms with E-state index in [0.29, 0.717) is 28.6 Å². The molecule has 2 atom stereocenters. The number of thioether (sulfide) groups is 2. The minimum atomic E-state index is -0.450. The summed E-state index contributed by atoms with van der Waals surface area (Å²) >= 11 is 6.03. The second-order valence-electron chi connectivity index (χ2n) is 18.2. The van der Waals surface area contributed by atoms with Gasteiger partial charge in [-0.1, -0.05) is 103 Å². The molecular formula is C45H72N8O4S4. The monoisotopic (exact) mass is 916 g/mol. The molecule has 0 spiro atoms. The zero-order chi connectivity index (χ0) is 46.6. The van der Waals surface area contributed by atoms with E-state index in [1.54, 1.807) is 43.7 Å². The molecule has 12 nitrogen and oxygen atoms in total. The van der Waals surface area contributed by atoms with Crippen molar-refractivity contribution in [2.24, 2.45) is 41.6 Å². The van der Waals surface area contributed by atoms with Gasteiger partial charge in [0.05, 0.1) is 21.7 Å². The first-order valence-electron chi connectivity index (χ1n) is 19.8. The summed E-state index contributed by atoms with van der Waals surface area (Å²) in [7, 11) is 3.27. The number of hydrogen-bond acceptors (Lipinski definition) is 16. The van der Waals surface area contributed by atoms with Crippen LogP contribution in [0, 0.1) is 35.5 Å². The highest BCUT2D eigenvalue weighted by atomic mass is 32.2. The van der Waals surface area contributed by atoms with Crippen LogP contribution >= 0.6 is 46.6 Å². The van der Waals surface area contributed by atoms with Crippen molar-refractivity contribution in [3.05, 3.63) is 39.4 Å². The normalized spacial score (nSPS) is 17.6. The van der Waals surface area contributed by atoms with Crippen molar-refractivity contribution in [2.45, 2.75) is 144 Å². The molecule has 0 fully saturated rings. The number of carbonyl (C=O) groups is 4. The number of nitrogens with zero attached hydrogens (tertiary/aromatic N) is 8. The van der Waals surface area contributed by atoms with E-state index in [1.165, 1.54) is 23.1 Å². The van der Waals surface area contributed by atoms with Crippen molar-refractivity contribution in [3.63, 3.8) is 0 Å². The van der Waals surface area contributed by atoms with Crippen molar-refractivity contribution in [1.82, 2.24) is 18.7 Å². The van der Waals surface area contributed by atoms with Crippen LogP contribution < -0.4 is 0 Å². The average molecular weight is 917 g/mol. The fraction of sp³-hybridized carbons (Fsp3) is 0.644. The first kappa shape index (κ1) is 57.7. The summed E-state index contributed by atoms with van der Waals surface area (Å²) in [5, 5.41) is 3.85. The topological polar surface area (TPSA) is 169 Å². The molecule has 2 aliphatic heterocycles. The Morgan fingerprint density at radius 3 is 1.28 bits per heavy atom. The fourth-order valence-corrected chi connectivity index (χ4v) is 7.85. The van der Waals surface area contributed by atoms with Crippen molar-refractivity contribution in [3.8, 4) is 0 Å². The SMILES string of the molecule is C.C/C=C(\C(=O)C(C)(C)C)C1CSC(C)=N1.C/C=C(\C(=O)C(C)(C)C)c1nsc(C)n1.CN=C(C(=O)C(C)(C)C)C1CSC(C)=N1.CN=C(C(=O)C(C)(C)C)c1nsc(C)n1. The largest absolute Gasteiger partial charge is 0.294 e. The zero-order valence-corrected chi connectivity index (χ0v) is 42.8. The summed E-state index contributed by atoms with van der Waals surface area (Å²) in [4.78, 5) is 73.7. The van der Waals surface area contributed by atoms with Gasteiger partial charge in [-0.3, -0.25) is 39.1 Å². The second kappa shape index (κ2) is 24.5. The Morgan fingerprint density at radius 2 is 0.984 bits per heavy atom. The van der Waals surface area contributed by atoms with E-state index in [2.05, 4.69) is 38.7 Å². The summed E-state index contributed by atoms with van der Waals surface area (Å²) in [6, 6.07) is 0.0402. The van der Waals surface area contributed by atoms with Crippen LogP contribution in [-0.2, 0) is 19.2 Å². The number of rotatable bonds is 8. The Kier molecular flexibility index (Phi) is 23.2. The summed E-state index contributed by atoms with van der Waals surface area (Å²) in [5.74, 6) is 3.14. The third-order valence-electron chi connectivity index (χ3n) is 8.50. The van der Waals surface area contributed by atoms with Crippen molar-refractivity contribution in [1.29, 1.82) is 0 Å². The number of hydrogen-bond donors (Lipinski definition) is 0. The number of ketones is 4. The minimum absolute atomic E-state index is 0. The Labute approximate surface area is 383 Å². The van der Waals surface area contributed by atoms with E-state index in [9.17, 15) is 19.2 Å². The van der Waals surface area contributed by atoms with Crippen molar-refractivity contribution < 1.29 is 19.2 Å². The first-order chi connectivity index (χ1) is 27.4. The third-order valence-corrected chi connectivity index (χ3v) is 11.8. The molecule has 0 amide bonds. The second-order valence-corrected chi connectivity index (χ2v) is 22.5. The van der Waals surface area contributed by atoms with Gasteiger partial charge in [0.15, 0.2) is 34.8 Å². The average Bonchev–Trinajstić information content (AvgIpc) is 3.95. The van der Waals surface area contributed by atoms with Gasteiger partial charge in [-0.05, 0) is 64.6 Å². The third kappa shape index (κ3) is 18.1. The van der Waals surface area contributed by atoms with E-state index in [1.807, 2.05) is 131 Å². The summed E-state index contributed by atoms with van der Waals surface area (Å²) < 4.78 is 8.26. The van der Waals surface area contributed by atoms with E-state index >= 15 is 0 Å². The van der Waals surface area contributed by atoms with E-state index in [-0.39, 0.29) is 58.9 Å². The Morgan fingerprint density at radius 1 is 0.574 bits per heavy atom. The maximum atomic E-state index is 12.1. The van der Waals surface area contributed by atoms with Crippen molar-refractivity contribution in [2.75, 3.05) is 25.6 Å². The first-order valence-corrected chi connectivity index (χ1v) is 23.4. The fourth-order valence-electron chi connectivity index (χ4n) is 5.21. The molecule has 2 unspecified atom stereocenters. The lowest BCUT2D eigenvalue weighted by Gasteiger charge is -2.21. The van der Waals surface area contributed by atoms with Gasteiger partial charge >= 0.3 is 0 Å². The Balaban J connectivity index is 0.000000783. The lowest BCUT2D eigenvalue weighted by atomic mass is 9.84. The Bertz CT molecular complexity index is 1880. The van der Waals surface area contributed by atoms with Gasteiger partial charge in [-0.15, -0.1) is 23.5 Å². The van der Waals surface area contributed by atoms with Gasteiger partial charge in [0.25, 0.3) is 0 Å². The molecule has 0 aliphatic carbocycles. The van der Waals surface area contributed by atoms with E-state index in [4.69, 9.17) is 0 Å². The number of aryl methyl sites for hydroxylation is 2. The van der Waals surface area contributed by atoms with Crippen LogP contribution in [0.5, 0.6) is 0 Å². The number of aliphatic imine (C=N–C) groups is 4. The molecule has 0 bridgehead atoms. The minimum Gasteiger partial charge on any atom is -0.294 e. The van der Waals surface area contributed by atoms with Gasteiger partial charge in [0, 0.05) is 52.8 Å². The van der Waals surface area contributed by atoms with Gasteiger partial charge < -0.3 is 0 Å². The number of carbonyl (C=O) groups excluding carboxylic acids is 4. The predicted octanol–water partition coefficient (Wildman–Crippen LogP) is 10.7. The lowest BCUT2D eigenvalue weighted by molar-refractivity contribution is -0.123. The highest BCUT2D eigenvalue weighted by molar-refractivity contribution is 8.14. The summed E-state index contributed by atoms with van der Waals surface area (Å²) in [6.07, 6.45) is 3.70. The van der Waals surface area contributed by atoms with E-state index in [0.717, 1.165) is 37.2 Å². The van der Waals surface area contributed by atoms with Crippen LogP contribution in [-0.4, -0.2) is 101 Å². The molecule has 2 aromatic rings. The maximum Gasteiger partial charge on any atom is 0.194 e. The summed E-state index contributed by atoms with van der Waals surface area (Å²) in [6.45, 7) is 34.4. The molecule has 16 heteroatoms. The van der Waals surface area contributed by atoms with Gasteiger partial charge in [0.1, 0.15) is 27.5 Å². The summed E-state index contributed by atoms with van der Waals surface area (Å²) in [5.41, 5.74) is 0.955. The Hall–Kier alpha value is -3.34. The molecule has 2 aromatic heterocycles. The quantitative estimate of drug-likeness (QED) is 0.183. The number of Topliss-reactive ketones (excluding diaryl/α,β-unsaturated/α-hetero) is 4. The van der Waals surface area contributed by atoms with Crippen LogP contribution in [0.1, 0.15) is 140 Å². The van der Waals surface area contributed by atoms with Gasteiger partial charge in [-0.2, -0.15) is 8.75 Å². The molecule has 4 heterocycles.